The van der Waals surface area contributed by atoms with Crippen molar-refractivity contribution in [2.24, 2.45) is 18.9 Å². The van der Waals surface area contributed by atoms with E-state index in [9.17, 15) is 9.59 Å². The summed E-state index contributed by atoms with van der Waals surface area (Å²) < 4.78 is 3.65. The van der Waals surface area contributed by atoms with Crippen LogP contribution < -0.4 is 10.9 Å². The zero-order valence-electron chi connectivity index (χ0n) is 21.3. The number of para-hydroxylation sites is 1. The Hall–Kier alpha value is -3.48. The van der Waals surface area contributed by atoms with Crippen LogP contribution in [-0.4, -0.2) is 31.5 Å². The lowest BCUT2D eigenvalue weighted by Gasteiger charge is -2.30. The molecular weight excluding hydrogens is 462 g/mol. The second-order valence-electron chi connectivity index (χ2n) is 11.4. The first-order valence-electron chi connectivity index (χ1n) is 13.8. The van der Waals surface area contributed by atoms with Gasteiger partial charge in [0.1, 0.15) is 0 Å². The zero-order chi connectivity index (χ0) is 25.1. The molecule has 190 valence electrons. The first-order valence-corrected chi connectivity index (χ1v) is 13.8. The Morgan fingerprint density at radius 3 is 2.14 bits per heavy atom. The molecule has 2 heterocycles. The highest BCUT2D eigenvalue weighted by molar-refractivity contribution is 6.04. The maximum Gasteiger partial charge on any atom is 0.274 e. The van der Waals surface area contributed by atoms with Crippen LogP contribution in [0.15, 0.2) is 53.3 Å². The van der Waals surface area contributed by atoms with Crippen molar-refractivity contribution in [3.63, 3.8) is 0 Å². The van der Waals surface area contributed by atoms with Crippen molar-refractivity contribution in [2.75, 3.05) is 0 Å². The summed E-state index contributed by atoms with van der Waals surface area (Å²) in [7, 11) is 1.87. The maximum absolute atomic E-state index is 13.5. The van der Waals surface area contributed by atoms with Gasteiger partial charge in [-0.05, 0) is 75.3 Å². The maximum atomic E-state index is 13.5. The second kappa shape index (κ2) is 8.82. The second-order valence-corrected chi connectivity index (χ2v) is 11.4. The van der Waals surface area contributed by atoms with Crippen molar-refractivity contribution in [1.29, 1.82) is 0 Å². The highest BCUT2D eigenvalue weighted by Crippen LogP contribution is 2.51. The van der Waals surface area contributed by atoms with Crippen LogP contribution in [0, 0.1) is 11.8 Å². The van der Waals surface area contributed by atoms with E-state index in [4.69, 9.17) is 5.10 Å². The number of benzene rings is 2. The van der Waals surface area contributed by atoms with Gasteiger partial charge in [0.05, 0.1) is 22.6 Å². The Morgan fingerprint density at radius 2 is 1.46 bits per heavy atom. The number of nitrogens with zero attached hydrogens (tertiary/aromatic N) is 4. The van der Waals surface area contributed by atoms with E-state index >= 15 is 0 Å². The number of carbonyl (C=O) groups excluding carboxylic acids is 1. The van der Waals surface area contributed by atoms with Crippen LogP contribution in [0.25, 0.3) is 21.7 Å². The minimum atomic E-state index is -0.103. The fourth-order valence-corrected chi connectivity index (χ4v) is 6.54. The molecule has 3 aliphatic rings. The summed E-state index contributed by atoms with van der Waals surface area (Å²) in [5.74, 6) is 1.41. The Kier molecular flexibility index (Phi) is 5.41. The number of amides is 1. The fraction of sp³-hybridized carbons (Fsp3) is 0.467. The molecule has 1 amide bonds. The molecule has 3 saturated carbocycles. The van der Waals surface area contributed by atoms with Crippen molar-refractivity contribution >= 4 is 27.6 Å². The number of aryl methyl sites for hydroxylation is 1. The first-order chi connectivity index (χ1) is 18.1. The van der Waals surface area contributed by atoms with Gasteiger partial charge in [0.2, 0.25) is 0 Å². The molecule has 37 heavy (non-hydrogen) atoms. The van der Waals surface area contributed by atoms with Crippen LogP contribution in [0.2, 0.25) is 0 Å². The molecule has 4 aromatic rings. The molecule has 0 bridgehead atoms. The molecule has 0 aliphatic heterocycles. The number of carbonyl (C=O) groups is 1. The number of aromatic nitrogens is 4. The molecule has 1 N–H and O–H groups in total. The molecule has 0 unspecified atom stereocenters. The number of rotatable bonds is 6. The first kappa shape index (κ1) is 22.7. The Balaban J connectivity index is 1.13. The van der Waals surface area contributed by atoms with Gasteiger partial charge in [0.25, 0.3) is 11.5 Å². The van der Waals surface area contributed by atoms with Crippen molar-refractivity contribution in [1.82, 2.24) is 24.9 Å². The largest absolute Gasteiger partial charge is 0.348 e. The van der Waals surface area contributed by atoms with E-state index in [1.54, 1.807) is 4.68 Å². The number of nitrogens with one attached hydrogen (secondary N) is 1. The van der Waals surface area contributed by atoms with Crippen LogP contribution in [-0.2, 0) is 7.05 Å². The third-order valence-corrected chi connectivity index (χ3v) is 8.77. The van der Waals surface area contributed by atoms with Crippen LogP contribution in [0.3, 0.4) is 0 Å². The van der Waals surface area contributed by atoms with E-state index in [-0.39, 0.29) is 23.6 Å². The van der Waals surface area contributed by atoms with E-state index < -0.39 is 0 Å². The Bertz CT molecular complexity index is 1540. The summed E-state index contributed by atoms with van der Waals surface area (Å²) in [6, 6.07) is 16.2. The third kappa shape index (κ3) is 4.05. The van der Waals surface area contributed by atoms with Gasteiger partial charge < -0.3 is 5.32 Å². The average Bonchev–Trinajstić information content (AvgIpc) is 3.86. The van der Waals surface area contributed by atoms with Crippen molar-refractivity contribution in [2.45, 2.75) is 69.4 Å². The van der Waals surface area contributed by atoms with E-state index in [1.807, 2.05) is 54.2 Å². The SMILES string of the molecule is Cn1nc(C(=O)NC2CCC(c3nn(C(C4CC4)C4CC4)c(=O)c4ccccc34)CC2)c2ccccc21. The quantitative estimate of drug-likeness (QED) is 0.403. The van der Waals surface area contributed by atoms with E-state index in [0.717, 1.165) is 53.1 Å². The topological polar surface area (TPSA) is 81.8 Å². The summed E-state index contributed by atoms with van der Waals surface area (Å²) in [5.41, 5.74) is 2.60. The van der Waals surface area contributed by atoms with Crippen LogP contribution in [0.4, 0.5) is 0 Å². The fourth-order valence-electron chi connectivity index (χ4n) is 6.54. The van der Waals surface area contributed by atoms with Crippen molar-refractivity contribution in [3.05, 3.63) is 70.3 Å². The van der Waals surface area contributed by atoms with Gasteiger partial charge in [-0.1, -0.05) is 36.4 Å². The lowest BCUT2D eigenvalue weighted by atomic mass is 9.82. The minimum Gasteiger partial charge on any atom is -0.348 e. The van der Waals surface area contributed by atoms with E-state index in [0.29, 0.717) is 23.4 Å². The standard InChI is InChI=1S/C30H33N5O2/c1-34-25-9-5-4-8-24(25)27(32-34)29(36)31-21-16-14-18(15-17-21)26-22-6-2-3-7-23(22)30(37)35(33-26)28(19-10-11-19)20-12-13-20/h2-9,18-21,28H,10-17H2,1H3,(H,31,36). The Labute approximate surface area is 215 Å². The summed E-state index contributed by atoms with van der Waals surface area (Å²) in [4.78, 5) is 26.6. The van der Waals surface area contributed by atoms with Gasteiger partial charge >= 0.3 is 0 Å². The molecule has 7 heteroatoms. The van der Waals surface area contributed by atoms with Gasteiger partial charge in [-0.2, -0.15) is 10.2 Å². The van der Waals surface area contributed by atoms with Crippen LogP contribution >= 0.6 is 0 Å². The van der Waals surface area contributed by atoms with Crippen LogP contribution in [0.5, 0.6) is 0 Å². The monoisotopic (exact) mass is 495 g/mol. The summed E-state index contributed by atoms with van der Waals surface area (Å²) in [6.45, 7) is 0. The predicted octanol–water partition coefficient (Wildman–Crippen LogP) is 5.10. The average molecular weight is 496 g/mol. The van der Waals surface area contributed by atoms with Gasteiger partial charge in [-0.25, -0.2) is 4.68 Å². The van der Waals surface area contributed by atoms with Gasteiger partial charge in [-0.3, -0.25) is 14.3 Å². The summed E-state index contributed by atoms with van der Waals surface area (Å²) >= 11 is 0. The smallest absolute Gasteiger partial charge is 0.274 e. The molecule has 0 radical (unpaired) electrons. The summed E-state index contributed by atoms with van der Waals surface area (Å²) in [5, 5.41) is 15.5. The van der Waals surface area contributed by atoms with Crippen molar-refractivity contribution < 1.29 is 4.79 Å². The van der Waals surface area contributed by atoms with E-state index in [1.165, 1.54) is 25.7 Å². The summed E-state index contributed by atoms with van der Waals surface area (Å²) in [6.07, 6.45) is 8.54. The Morgan fingerprint density at radius 1 is 0.838 bits per heavy atom. The molecule has 0 spiro atoms. The molecule has 0 saturated heterocycles. The molecule has 3 fully saturated rings. The van der Waals surface area contributed by atoms with Gasteiger partial charge in [0, 0.05) is 29.8 Å². The molecule has 7 rings (SSSR count). The highest BCUT2D eigenvalue weighted by atomic mass is 16.2. The minimum absolute atomic E-state index is 0.0756. The molecule has 7 nitrogen and oxygen atoms in total. The van der Waals surface area contributed by atoms with Gasteiger partial charge in [-0.15, -0.1) is 0 Å². The molecular formula is C30H33N5O2. The number of hydrogen-bond acceptors (Lipinski definition) is 4. The lowest BCUT2D eigenvalue weighted by Crippen LogP contribution is -2.38. The molecule has 0 atom stereocenters. The normalized spacial score (nSPS) is 22.1. The van der Waals surface area contributed by atoms with Crippen LogP contribution in [0.1, 0.15) is 79.5 Å². The highest BCUT2D eigenvalue weighted by Gasteiger charge is 2.44. The van der Waals surface area contributed by atoms with E-state index in [2.05, 4.69) is 16.5 Å². The lowest BCUT2D eigenvalue weighted by molar-refractivity contribution is 0.0921. The zero-order valence-corrected chi connectivity index (χ0v) is 21.3. The van der Waals surface area contributed by atoms with Crippen molar-refractivity contribution in [3.8, 4) is 0 Å². The number of hydrogen-bond donors (Lipinski definition) is 1. The van der Waals surface area contributed by atoms with Gasteiger partial charge in [0.15, 0.2) is 5.69 Å². The third-order valence-electron chi connectivity index (χ3n) is 8.77. The molecule has 2 aromatic heterocycles. The predicted molar refractivity (Wildman–Crippen MR) is 144 cm³/mol. The molecule has 2 aromatic carbocycles. The number of fused-ring (bicyclic) bond motifs is 2. The molecule has 3 aliphatic carbocycles.